The fourth-order valence-electron chi connectivity index (χ4n) is 8.08. The molecule has 3 saturated carbocycles. The van der Waals surface area contributed by atoms with E-state index in [1.54, 1.807) is 7.11 Å². The number of hydrogen-bond donors (Lipinski definition) is 2. The molecule has 1 unspecified atom stereocenters. The monoisotopic (exact) mass is 588 g/mol. The zero-order chi connectivity index (χ0) is 30.1. The number of nitrogens with zero attached hydrogens (tertiary/aromatic N) is 2. The van der Waals surface area contributed by atoms with Crippen LogP contribution in [0.5, 0.6) is 5.75 Å². The zero-order valence-corrected chi connectivity index (χ0v) is 26.2. The van der Waals surface area contributed by atoms with Gasteiger partial charge in [0.25, 0.3) is 5.91 Å². The Morgan fingerprint density at radius 1 is 1.07 bits per heavy atom. The van der Waals surface area contributed by atoms with Gasteiger partial charge in [-0.25, -0.2) is 0 Å². The Balaban J connectivity index is 1.12. The molecular weight excluding hydrogens is 540 g/mol. The van der Waals surface area contributed by atoms with Gasteiger partial charge in [-0.2, -0.15) is 5.06 Å². The second-order valence-electron chi connectivity index (χ2n) is 13.6. The van der Waals surface area contributed by atoms with Gasteiger partial charge in [-0.1, -0.05) is 51.1 Å². The second kappa shape index (κ2) is 12.6. The van der Waals surface area contributed by atoms with E-state index < -0.39 is 0 Å². The lowest BCUT2D eigenvalue weighted by atomic mass is 9.48. The number of carbonyl (C=O) groups is 2. The summed E-state index contributed by atoms with van der Waals surface area (Å²) in [7, 11) is 1.67. The Bertz CT molecular complexity index is 1310. The number of rotatable bonds is 10. The molecule has 2 aromatic carbocycles. The molecule has 2 aliphatic heterocycles. The maximum absolute atomic E-state index is 13.4. The lowest BCUT2D eigenvalue weighted by molar-refractivity contribution is -0.159. The number of hydrogen-bond acceptors (Lipinski definition) is 6. The minimum Gasteiger partial charge on any atom is -0.496 e. The summed E-state index contributed by atoms with van der Waals surface area (Å²) >= 11 is 0. The van der Waals surface area contributed by atoms with Gasteiger partial charge in [-0.05, 0) is 86.6 Å². The van der Waals surface area contributed by atoms with Crippen molar-refractivity contribution in [2.75, 3.05) is 33.4 Å². The summed E-state index contributed by atoms with van der Waals surface area (Å²) in [6, 6.07) is 14.1. The first-order valence-corrected chi connectivity index (χ1v) is 16.3. The number of hydroxylamine groups is 2. The summed E-state index contributed by atoms with van der Waals surface area (Å²) in [5.74, 6) is 2.16. The van der Waals surface area contributed by atoms with E-state index in [0.29, 0.717) is 55.0 Å². The van der Waals surface area contributed by atoms with Crippen LogP contribution in [0.1, 0.15) is 75.2 Å². The molecule has 2 N–H and O–H groups in total. The van der Waals surface area contributed by atoms with Crippen molar-refractivity contribution in [2.45, 2.75) is 84.0 Å². The molecule has 5 aliphatic rings. The highest BCUT2D eigenvalue weighted by Gasteiger charge is 2.53. The van der Waals surface area contributed by atoms with Crippen LogP contribution in [0, 0.1) is 17.3 Å². The molecule has 7 rings (SSSR count). The predicted molar refractivity (Wildman–Crippen MR) is 167 cm³/mol. The Morgan fingerprint density at radius 2 is 1.86 bits per heavy atom. The molecule has 5 atom stereocenters. The number of fused-ring (bicyclic) bond motifs is 2. The molecule has 232 valence electrons. The summed E-state index contributed by atoms with van der Waals surface area (Å²) in [5, 5.41) is 8.33. The fourth-order valence-corrected chi connectivity index (χ4v) is 8.08. The van der Waals surface area contributed by atoms with Gasteiger partial charge in [0, 0.05) is 35.3 Å². The number of para-hydroxylation sites is 1. The quantitative estimate of drug-likeness (QED) is 0.406. The van der Waals surface area contributed by atoms with Crippen LogP contribution in [0.4, 0.5) is 0 Å². The van der Waals surface area contributed by atoms with E-state index in [1.165, 1.54) is 12.8 Å². The molecule has 8 nitrogen and oxygen atoms in total. The van der Waals surface area contributed by atoms with Crippen molar-refractivity contribution >= 4 is 11.8 Å². The van der Waals surface area contributed by atoms with E-state index >= 15 is 0 Å². The van der Waals surface area contributed by atoms with Gasteiger partial charge in [0.05, 0.1) is 20.3 Å². The van der Waals surface area contributed by atoms with Gasteiger partial charge in [0.2, 0.25) is 5.91 Å². The van der Waals surface area contributed by atoms with E-state index in [2.05, 4.69) is 36.3 Å². The topological polar surface area (TPSA) is 83.1 Å². The number of benzene rings is 2. The third kappa shape index (κ3) is 6.06. The van der Waals surface area contributed by atoms with Crippen molar-refractivity contribution in [3.63, 3.8) is 0 Å². The predicted octanol–water partition coefficient (Wildman–Crippen LogP) is 5.02. The fraction of sp³-hybridized carbons (Fsp3) is 0.600. The summed E-state index contributed by atoms with van der Waals surface area (Å²) in [4.78, 5) is 34.9. The number of likely N-dealkylation sites (tertiary alicyclic amines) is 1. The number of nitrogens with one attached hydrogen (secondary N) is 2. The number of methoxy groups -OCH3 is 1. The summed E-state index contributed by atoms with van der Waals surface area (Å²) < 4.78 is 5.95. The molecule has 2 heterocycles. The molecule has 0 radical (unpaired) electrons. The molecule has 0 aromatic heterocycles. The van der Waals surface area contributed by atoms with Crippen molar-refractivity contribution in [3.05, 3.63) is 53.6 Å². The minimum absolute atomic E-state index is 0.0573. The third-order valence-corrected chi connectivity index (χ3v) is 10.9. The number of carbonyl (C=O) groups excluding carboxylic acids is 2. The summed E-state index contributed by atoms with van der Waals surface area (Å²) in [5.41, 5.74) is 3.82. The molecule has 0 spiro atoms. The first kappa shape index (κ1) is 30.1. The largest absolute Gasteiger partial charge is 0.496 e. The van der Waals surface area contributed by atoms with Crippen molar-refractivity contribution < 1.29 is 19.2 Å². The van der Waals surface area contributed by atoms with Crippen molar-refractivity contribution in [1.82, 2.24) is 20.6 Å². The Labute approximate surface area is 256 Å². The van der Waals surface area contributed by atoms with Crippen molar-refractivity contribution in [2.24, 2.45) is 17.3 Å². The van der Waals surface area contributed by atoms with Crippen LogP contribution >= 0.6 is 0 Å². The van der Waals surface area contributed by atoms with Crippen LogP contribution in [0.25, 0.3) is 11.1 Å². The maximum Gasteiger partial charge on any atom is 0.251 e. The first-order valence-electron chi connectivity index (χ1n) is 16.3. The van der Waals surface area contributed by atoms with Gasteiger partial charge in [-0.3, -0.25) is 19.3 Å². The molecule has 2 bridgehead atoms. The van der Waals surface area contributed by atoms with Gasteiger partial charge in [0.1, 0.15) is 11.8 Å². The van der Waals surface area contributed by atoms with Gasteiger partial charge >= 0.3 is 0 Å². The molecule has 43 heavy (non-hydrogen) atoms. The lowest BCUT2D eigenvalue weighted by Crippen LogP contribution is -2.57. The van der Waals surface area contributed by atoms with E-state index in [-0.39, 0.29) is 23.9 Å². The highest BCUT2D eigenvalue weighted by atomic mass is 16.7. The minimum atomic E-state index is -0.324. The SMILES string of the molecule is CCN1CCC[C@H]1CNC(=O)c1cccc(-c2cccc(CN3OCC[C@H]3C(=O)NC3C[C@@H]4C[C@H](C3)C4(C)C)c2OC)c1. The molecule has 2 aromatic rings. The highest BCUT2D eigenvalue weighted by Crippen LogP contribution is 2.59. The van der Waals surface area contributed by atoms with E-state index in [0.717, 1.165) is 54.8 Å². The molecule has 3 aliphatic carbocycles. The first-order chi connectivity index (χ1) is 20.8. The average Bonchev–Trinajstić information content (AvgIpc) is 3.69. The van der Waals surface area contributed by atoms with E-state index in [9.17, 15) is 9.59 Å². The smallest absolute Gasteiger partial charge is 0.251 e. The third-order valence-electron chi connectivity index (χ3n) is 10.9. The maximum atomic E-state index is 13.4. The van der Waals surface area contributed by atoms with Crippen LogP contribution < -0.4 is 15.4 Å². The molecular formula is C35H48N4O4. The summed E-state index contributed by atoms with van der Waals surface area (Å²) in [6.07, 6.45) is 6.45. The van der Waals surface area contributed by atoms with Crippen molar-refractivity contribution in [3.8, 4) is 16.9 Å². The Morgan fingerprint density at radius 3 is 2.60 bits per heavy atom. The van der Waals surface area contributed by atoms with Crippen LogP contribution in [0.2, 0.25) is 0 Å². The molecule has 5 fully saturated rings. The van der Waals surface area contributed by atoms with Gasteiger partial charge in [0.15, 0.2) is 0 Å². The zero-order valence-electron chi connectivity index (χ0n) is 26.2. The lowest BCUT2D eigenvalue weighted by Gasteiger charge is -2.59. The Hall–Kier alpha value is -2.94. The van der Waals surface area contributed by atoms with Crippen LogP contribution in [-0.2, 0) is 16.2 Å². The normalized spacial score (nSPS) is 28.3. The highest BCUT2D eigenvalue weighted by molar-refractivity contribution is 5.95. The number of ether oxygens (including phenoxy) is 1. The van der Waals surface area contributed by atoms with Crippen LogP contribution in [0.3, 0.4) is 0 Å². The second-order valence-corrected chi connectivity index (χ2v) is 13.6. The Kier molecular flexibility index (Phi) is 8.81. The molecule has 2 saturated heterocycles. The number of likely N-dealkylation sites (N-methyl/N-ethyl adjacent to an activating group) is 1. The van der Waals surface area contributed by atoms with Gasteiger partial charge < -0.3 is 15.4 Å². The summed E-state index contributed by atoms with van der Waals surface area (Å²) in [6.45, 7) is 10.7. The average molecular weight is 589 g/mol. The van der Waals surface area contributed by atoms with E-state index in [1.807, 2.05) is 47.5 Å². The molecule has 2 amide bonds. The number of amides is 2. The molecule has 8 heteroatoms. The van der Waals surface area contributed by atoms with Gasteiger partial charge in [-0.15, -0.1) is 0 Å². The van der Waals surface area contributed by atoms with Crippen LogP contribution in [-0.4, -0.2) is 73.3 Å². The van der Waals surface area contributed by atoms with Crippen molar-refractivity contribution in [1.29, 1.82) is 0 Å². The van der Waals surface area contributed by atoms with Crippen LogP contribution in [0.15, 0.2) is 42.5 Å². The standard InChI is InChI=1S/C35H48N4O4/c1-5-38-15-8-12-29(38)21-36-33(40)24-10-6-9-23(17-24)30-13-7-11-25(32(30)42-4)22-39-31(14-16-43-39)34(41)37-28-19-26-18-27(20-28)35(26,2)3/h6-7,9-11,13,17,26-29,31H,5,8,12,14-16,18-22H2,1-4H3,(H,36,40)(H,37,41)/t26-,27+,28?,29-,31-/m0/s1. The van der Waals surface area contributed by atoms with E-state index in [4.69, 9.17) is 9.57 Å².